The maximum Gasteiger partial charge on any atom is 0.337 e. The Labute approximate surface area is 145 Å². The summed E-state index contributed by atoms with van der Waals surface area (Å²) in [6.45, 7) is 0. The van der Waals surface area contributed by atoms with Crippen molar-refractivity contribution in [3.63, 3.8) is 0 Å². The third kappa shape index (κ3) is 4.81. The van der Waals surface area contributed by atoms with Crippen LogP contribution in [0.25, 0.3) is 5.69 Å². The Morgan fingerprint density at radius 3 is 2.62 bits per heavy atom. The van der Waals surface area contributed by atoms with E-state index in [-0.39, 0.29) is 17.7 Å². The lowest BCUT2D eigenvalue weighted by Gasteiger charge is -2.08. The highest BCUT2D eigenvalue weighted by molar-refractivity contribution is 7.98. The van der Waals surface area contributed by atoms with E-state index in [2.05, 4.69) is 10.1 Å². The molecule has 130 valence electrons. The molecular weight excluding hydrogens is 350 g/mol. The largest absolute Gasteiger partial charge is 0.478 e. The highest BCUT2D eigenvalue weighted by Crippen LogP contribution is 2.17. The number of hydrogen-bond acceptors (Lipinski definition) is 6. The normalized spacial score (nSPS) is 11.6. The summed E-state index contributed by atoms with van der Waals surface area (Å²) in [6.07, 6.45) is 3.95. The van der Waals surface area contributed by atoms with Crippen molar-refractivity contribution >= 4 is 27.6 Å². The van der Waals surface area contributed by atoms with E-state index in [1.54, 1.807) is 30.0 Å². The van der Waals surface area contributed by atoms with Crippen LogP contribution in [-0.4, -0.2) is 58.3 Å². The topological polar surface area (TPSA) is 102 Å². The minimum Gasteiger partial charge on any atom is -0.478 e. The molecule has 0 aliphatic carbocycles. The quantitative estimate of drug-likeness (QED) is 0.751. The number of hydrogen-bond donors (Lipinski definition) is 1. The highest BCUT2D eigenvalue weighted by Gasteiger charge is 2.18. The first-order chi connectivity index (χ1) is 11.3. The van der Waals surface area contributed by atoms with Gasteiger partial charge in [-0.2, -0.15) is 16.9 Å². The fraction of sp³-hybridized carbons (Fsp3) is 0.400. The van der Waals surface area contributed by atoms with Crippen molar-refractivity contribution in [2.75, 3.05) is 24.0 Å². The number of rotatable bonds is 8. The molecule has 2 aromatic rings. The van der Waals surface area contributed by atoms with Gasteiger partial charge >= 0.3 is 5.97 Å². The summed E-state index contributed by atoms with van der Waals surface area (Å²) in [7, 11) is -3.16. The molecule has 0 fully saturated rings. The van der Waals surface area contributed by atoms with E-state index in [4.69, 9.17) is 0 Å². The van der Waals surface area contributed by atoms with Gasteiger partial charge in [0.25, 0.3) is 0 Å². The third-order valence-electron chi connectivity index (χ3n) is 3.31. The van der Waals surface area contributed by atoms with Gasteiger partial charge < -0.3 is 5.11 Å². The molecule has 1 aromatic heterocycles. The number of aryl methyl sites for hydroxylation is 2. The van der Waals surface area contributed by atoms with Crippen LogP contribution in [0.5, 0.6) is 0 Å². The SMILES string of the molecule is CSCCc1nc(CCS(C)(=O)=O)n(-c2ccccc2C(=O)O)n1. The van der Waals surface area contributed by atoms with Crippen LogP contribution in [0.2, 0.25) is 0 Å². The molecule has 0 atom stereocenters. The third-order valence-corrected chi connectivity index (χ3v) is 4.87. The van der Waals surface area contributed by atoms with Gasteiger partial charge in [0.05, 0.1) is 17.0 Å². The number of carbonyl (C=O) groups is 1. The number of carboxylic acid groups (broad SMARTS) is 1. The molecule has 1 heterocycles. The minimum atomic E-state index is -3.16. The van der Waals surface area contributed by atoms with Crippen LogP contribution in [-0.2, 0) is 22.7 Å². The Balaban J connectivity index is 2.46. The minimum absolute atomic E-state index is 0.0666. The molecule has 2 rings (SSSR count). The number of para-hydroxylation sites is 1. The van der Waals surface area contributed by atoms with Crippen molar-refractivity contribution in [1.29, 1.82) is 0 Å². The predicted molar refractivity (Wildman–Crippen MR) is 93.8 cm³/mol. The van der Waals surface area contributed by atoms with Crippen molar-refractivity contribution in [1.82, 2.24) is 14.8 Å². The van der Waals surface area contributed by atoms with Crippen LogP contribution >= 0.6 is 11.8 Å². The molecule has 0 spiro atoms. The van der Waals surface area contributed by atoms with Gasteiger partial charge in [0.2, 0.25) is 0 Å². The monoisotopic (exact) mass is 369 g/mol. The molecular formula is C15H19N3O4S2. The van der Waals surface area contributed by atoms with Gasteiger partial charge in [-0.25, -0.2) is 22.9 Å². The highest BCUT2D eigenvalue weighted by atomic mass is 32.2. The molecule has 1 aromatic carbocycles. The number of sulfone groups is 1. The van der Waals surface area contributed by atoms with Gasteiger partial charge in [0, 0.05) is 24.9 Å². The Kier molecular flexibility index (Phi) is 6.00. The van der Waals surface area contributed by atoms with Crippen molar-refractivity contribution in [2.45, 2.75) is 12.8 Å². The van der Waals surface area contributed by atoms with E-state index >= 15 is 0 Å². The van der Waals surface area contributed by atoms with Gasteiger partial charge in [0.1, 0.15) is 15.7 Å². The summed E-state index contributed by atoms with van der Waals surface area (Å²) in [5.74, 6) is 0.720. The second-order valence-electron chi connectivity index (χ2n) is 5.30. The first-order valence-electron chi connectivity index (χ1n) is 7.26. The van der Waals surface area contributed by atoms with Gasteiger partial charge in [-0.05, 0) is 18.4 Å². The zero-order valence-corrected chi connectivity index (χ0v) is 15.1. The second kappa shape index (κ2) is 7.80. The molecule has 0 saturated heterocycles. The van der Waals surface area contributed by atoms with Gasteiger partial charge in [0.15, 0.2) is 5.82 Å². The van der Waals surface area contributed by atoms with Crippen LogP contribution in [0.15, 0.2) is 24.3 Å². The fourth-order valence-electron chi connectivity index (χ4n) is 2.16. The number of benzene rings is 1. The van der Waals surface area contributed by atoms with E-state index in [1.165, 1.54) is 10.7 Å². The number of aromatic nitrogens is 3. The summed E-state index contributed by atoms with van der Waals surface area (Å²) >= 11 is 1.65. The zero-order valence-electron chi connectivity index (χ0n) is 13.5. The molecule has 9 heteroatoms. The Morgan fingerprint density at radius 2 is 2.00 bits per heavy atom. The average molecular weight is 369 g/mol. The molecule has 0 unspecified atom stereocenters. The maximum absolute atomic E-state index is 11.5. The lowest BCUT2D eigenvalue weighted by molar-refractivity contribution is 0.0696. The smallest absolute Gasteiger partial charge is 0.337 e. The molecule has 0 bridgehead atoms. The lowest BCUT2D eigenvalue weighted by Crippen LogP contribution is -2.13. The first-order valence-corrected chi connectivity index (χ1v) is 10.7. The van der Waals surface area contributed by atoms with Crippen LogP contribution in [0, 0.1) is 0 Å². The summed E-state index contributed by atoms with van der Waals surface area (Å²) < 4.78 is 24.4. The van der Waals surface area contributed by atoms with E-state index in [9.17, 15) is 18.3 Å². The number of thioether (sulfide) groups is 1. The number of aromatic carboxylic acids is 1. The van der Waals surface area contributed by atoms with E-state index in [1.807, 2.05) is 6.26 Å². The zero-order chi connectivity index (χ0) is 17.7. The molecule has 0 saturated carbocycles. The van der Waals surface area contributed by atoms with Gasteiger partial charge in [-0.1, -0.05) is 12.1 Å². The van der Waals surface area contributed by atoms with Crippen LogP contribution in [0.3, 0.4) is 0 Å². The Bertz CT molecular complexity index is 831. The Hall–Kier alpha value is -1.87. The number of carboxylic acids is 1. The summed E-state index contributed by atoms with van der Waals surface area (Å²) in [4.78, 5) is 15.9. The van der Waals surface area contributed by atoms with Gasteiger partial charge in [-0.3, -0.25) is 0 Å². The molecule has 0 amide bonds. The molecule has 1 N–H and O–H groups in total. The lowest BCUT2D eigenvalue weighted by atomic mass is 10.2. The molecule has 0 aliphatic rings. The van der Waals surface area contributed by atoms with E-state index < -0.39 is 15.8 Å². The van der Waals surface area contributed by atoms with Crippen LogP contribution < -0.4 is 0 Å². The maximum atomic E-state index is 11.5. The predicted octanol–water partition coefficient (Wildman–Crippen LogP) is 1.46. The summed E-state index contributed by atoms with van der Waals surface area (Å²) in [6, 6.07) is 6.47. The molecule has 24 heavy (non-hydrogen) atoms. The second-order valence-corrected chi connectivity index (χ2v) is 8.55. The van der Waals surface area contributed by atoms with E-state index in [0.717, 1.165) is 12.0 Å². The molecule has 0 radical (unpaired) electrons. The molecule has 7 nitrogen and oxygen atoms in total. The standard InChI is InChI=1S/C15H19N3O4S2/c1-23-9-7-13-16-14(8-10-24(2,21)22)18(17-13)12-6-4-3-5-11(12)15(19)20/h3-6H,7-10H2,1-2H3,(H,19,20). The van der Waals surface area contributed by atoms with Crippen molar-refractivity contribution in [3.8, 4) is 5.69 Å². The summed E-state index contributed by atoms with van der Waals surface area (Å²) in [5, 5.41) is 13.8. The molecule has 0 aliphatic heterocycles. The van der Waals surface area contributed by atoms with Gasteiger partial charge in [-0.15, -0.1) is 0 Å². The number of nitrogens with zero attached hydrogens (tertiary/aromatic N) is 3. The average Bonchev–Trinajstić information content (AvgIpc) is 2.93. The van der Waals surface area contributed by atoms with Crippen LogP contribution in [0.4, 0.5) is 0 Å². The van der Waals surface area contributed by atoms with Crippen molar-refractivity contribution in [2.24, 2.45) is 0 Å². The summed E-state index contributed by atoms with van der Waals surface area (Å²) in [5.41, 5.74) is 0.482. The van der Waals surface area contributed by atoms with Crippen LogP contribution in [0.1, 0.15) is 22.0 Å². The Morgan fingerprint density at radius 1 is 1.29 bits per heavy atom. The van der Waals surface area contributed by atoms with Crippen molar-refractivity contribution < 1.29 is 18.3 Å². The van der Waals surface area contributed by atoms with E-state index in [0.29, 0.717) is 23.8 Å². The fourth-order valence-corrected chi connectivity index (χ4v) is 3.10. The first kappa shape index (κ1) is 18.5. The van der Waals surface area contributed by atoms with Crippen molar-refractivity contribution in [3.05, 3.63) is 41.5 Å².